The minimum Gasteiger partial charge on any atom is -0.342 e. The molecule has 0 saturated carbocycles. The zero-order valence-corrected chi connectivity index (χ0v) is 17.4. The number of hydrogen-bond donors (Lipinski definition) is 0. The van der Waals surface area contributed by atoms with E-state index in [0.717, 1.165) is 24.2 Å². The van der Waals surface area contributed by atoms with Crippen LogP contribution in [0.2, 0.25) is 0 Å². The third-order valence-electron chi connectivity index (χ3n) is 4.56. The van der Waals surface area contributed by atoms with Gasteiger partial charge in [-0.25, -0.2) is 8.42 Å². The molecule has 0 atom stereocenters. The summed E-state index contributed by atoms with van der Waals surface area (Å²) in [5.74, 6) is -2.93. The molecule has 0 radical (unpaired) electrons. The summed E-state index contributed by atoms with van der Waals surface area (Å²) >= 11 is 1.07. The van der Waals surface area contributed by atoms with Gasteiger partial charge in [0.1, 0.15) is 11.5 Å². The Kier molecular flexibility index (Phi) is 6.13. The van der Waals surface area contributed by atoms with E-state index in [0.29, 0.717) is 29.9 Å². The Labute approximate surface area is 170 Å². The van der Waals surface area contributed by atoms with Crippen LogP contribution in [0.25, 0.3) is 10.2 Å². The molecule has 2 amide bonds. The van der Waals surface area contributed by atoms with Gasteiger partial charge in [-0.05, 0) is 25.8 Å². The van der Waals surface area contributed by atoms with E-state index in [1.54, 1.807) is 10.6 Å². The zero-order chi connectivity index (χ0) is 21.2. The Morgan fingerprint density at radius 1 is 1.24 bits per heavy atom. The predicted molar refractivity (Wildman–Crippen MR) is 107 cm³/mol. The molecular formula is C17H20N4O6S2. The number of likely N-dealkylation sites (tertiary alicyclic amines) is 1. The Morgan fingerprint density at radius 3 is 2.55 bits per heavy atom. The van der Waals surface area contributed by atoms with E-state index >= 15 is 0 Å². The predicted octanol–water partition coefficient (Wildman–Crippen LogP) is 1.10. The number of sulfone groups is 1. The van der Waals surface area contributed by atoms with Gasteiger partial charge in [0.15, 0.2) is 14.6 Å². The quantitative estimate of drug-likeness (QED) is 0.488. The number of fused-ring (bicyclic) bond motifs is 1. The Balaban J connectivity index is 1.83. The first-order valence-corrected chi connectivity index (χ1v) is 11.7. The summed E-state index contributed by atoms with van der Waals surface area (Å²) < 4.78 is 26.7. The standard InChI is InChI=1S/C17H20N4O6S2/c1-2-20-13-6-5-12(21(24)25)9-14(13)28-17(20)18-15(22)10-29(26,27)11-16(23)19-7-3-4-8-19/h5-6,9H,2-4,7-8,10-11H2,1H3. The molecule has 1 aromatic heterocycles. The molecule has 156 valence electrons. The number of nitro groups is 1. The van der Waals surface area contributed by atoms with Crippen LogP contribution < -0.4 is 4.80 Å². The lowest BCUT2D eigenvalue weighted by atomic mass is 10.3. The first-order chi connectivity index (χ1) is 13.7. The Morgan fingerprint density at radius 2 is 1.93 bits per heavy atom. The third-order valence-corrected chi connectivity index (χ3v) is 6.97. The molecule has 0 spiro atoms. The highest BCUT2D eigenvalue weighted by molar-refractivity contribution is 7.92. The van der Waals surface area contributed by atoms with E-state index in [1.807, 2.05) is 6.92 Å². The molecule has 1 aromatic carbocycles. The van der Waals surface area contributed by atoms with Crippen LogP contribution in [-0.2, 0) is 26.0 Å². The number of carbonyl (C=O) groups is 2. The highest BCUT2D eigenvalue weighted by atomic mass is 32.2. The summed E-state index contributed by atoms with van der Waals surface area (Å²) in [5, 5.41) is 11.0. The van der Waals surface area contributed by atoms with Gasteiger partial charge < -0.3 is 9.47 Å². The fourth-order valence-corrected chi connectivity index (χ4v) is 5.44. The largest absolute Gasteiger partial charge is 0.342 e. The lowest BCUT2D eigenvalue weighted by Crippen LogP contribution is -2.35. The van der Waals surface area contributed by atoms with Gasteiger partial charge in [-0.3, -0.25) is 19.7 Å². The molecule has 1 fully saturated rings. The average Bonchev–Trinajstić information content (AvgIpc) is 3.27. The summed E-state index contributed by atoms with van der Waals surface area (Å²) in [5.41, 5.74) is 0.588. The molecule has 29 heavy (non-hydrogen) atoms. The first-order valence-electron chi connectivity index (χ1n) is 9.03. The van der Waals surface area contributed by atoms with Gasteiger partial charge in [-0.2, -0.15) is 4.99 Å². The average molecular weight is 441 g/mol. The summed E-state index contributed by atoms with van der Waals surface area (Å²) in [6, 6.07) is 4.32. The fraction of sp³-hybridized carbons (Fsp3) is 0.471. The van der Waals surface area contributed by atoms with Crippen LogP contribution in [-0.4, -0.2) is 59.2 Å². The molecule has 2 heterocycles. The van der Waals surface area contributed by atoms with E-state index in [4.69, 9.17) is 0 Å². The second-order valence-electron chi connectivity index (χ2n) is 6.66. The highest BCUT2D eigenvalue weighted by Crippen LogP contribution is 2.23. The van der Waals surface area contributed by atoms with Crippen molar-refractivity contribution < 1.29 is 22.9 Å². The summed E-state index contributed by atoms with van der Waals surface area (Å²) in [6.45, 7) is 3.35. The minimum atomic E-state index is -3.93. The first kappa shape index (κ1) is 21.1. The molecule has 0 N–H and O–H groups in total. The lowest BCUT2D eigenvalue weighted by Gasteiger charge is -2.14. The van der Waals surface area contributed by atoms with Crippen molar-refractivity contribution in [1.29, 1.82) is 0 Å². The molecule has 12 heteroatoms. The molecular weight excluding hydrogens is 420 g/mol. The highest BCUT2D eigenvalue weighted by Gasteiger charge is 2.26. The Bertz CT molecular complexity index is 1140. The molecule has 2 aromatic rings. The van der Waals surface area contributed by atoms with Gasteiger partial charge in [0.25, 0.3) is 11.6 Å². The lowest BCUT2D eigenvalue weighted by molar-refractivity contribution is -0.384. The van der Waals surface area contributed by atoms with Crippen molar-refractivity contribution in [2.75, 3.05) is 24.6 Å². The van der Waals surface area contributed by atoms with Gasteiger partial charge in [-0.1, -0.05) is 11.3 Å². The van der Waals surface area contributed by atoms with Crippen LogP contribution in [0.5, 0.6) is 0 Å². The maximum atomic E-state index is 12.3. The van der Waals surface area contributed by atoms with Crippen molar-refractivity contribution in [2.45, 2.75) is 26.3 Å². The summed E-state index contributed by atoms with van der Waals surface area (Å²) in [4.78, 5) is 40.4. The molecule has 0 bridgehead atoms. The molecule has 1 aliphatic heterocycles. The summed E-state index contributed by atoms with van der Waals surface area (Å²) in [7, 11) is -3.93. The number of rotatable bonds is 6. The Hall–Kier alpha value is -2.60. The number of aryl methyl sites for hydroxylation is 1. The van der Waals surface area contributed by atoms with Crippen LogP contribution in [0.4, 0.5) is 5.69 Å². The van der Waals surface area contributed by atoms with Crippen LogP contribution in [0.1, 0.15) is 19.8 Å². The normalized spacial score (nSPS) is 15.2. The minimum absolute atomic E-state index is 0.0807. The number of thiazole rings is 1. The van der Waals surface area contributed by atoms with E-state index in [2.05, 4.69) is 4.99 Å². The van der Waals surface area contributed by atoms with Gasteiger partial charge in [-0.15, -0.1) is 0 Å². The van der Waals surface area contributed by atoms with E-state index in [-0.39, 0.29) is 10.5 Å². The van der Waals surface area contributed by atoms with Crippen LogP contribution >= 0.6 is 11.3 Å². The van der Waals surface area contributed by atoms with Gasteiger partial charge in [0, 0.05) is 31.8 Å². The topological polar surface area (TPSA) is 132 Å². The number of nitro benzene ring substituents is 1. The van der Waals surface area contributed by atoms with E-state index < -0.39 is 38.1 Å². The van der Waals surface area contributed by atoms with Crippen molar-refractivity contribution in [3.05, 3.63) is 33.1 Å². The smallest absolute Gasteiger partial charge is 0.270 e. The molecule has 3 rings (SSSR count). The van der Waals surface area contributed by atoms with Crippen molar-refractivity contribution in [1.82, 2.24) is 9.47 Å². The molecule has 10 nitrogen and oxygen atoms in total. The van der Waals surface area contributed by atoms with Crippen molar-refractivity contribution >= 4 is 48.9 Å². The van der Waals surface area contributed by atoms with E-state index in [9.17, 15) is 28.1 Å². The van der Waals surface area contributed by atoms with E-state index in [1.165, 1.54) is 17.0 Å². The summed E-state index contributed by atoms with van der Waals surface area (Å²) in [6.07, 6.45) is 1.70. The molecule has 1 aliphatic rings. The fourth-order valence-electron chi connectivity index (χ4n) is 3.19. The van der Waals surface area contributed by atoms with Crippen LogP contribution in [0.15, 0.2) is 23.2 Å². The van der Waals surface area contributed by atoms with Crippen LogP contribution in [0.3, 0.4) is 0 Å². The van der Waals surface area contributed by atoms with Gasteiger partial charge in [0.05, 0.1) is 15.1 Å². The number of non-ortho nitro benzene ring substituents is 1. The number of benzene rings is 1. The molecule has 1 saturated heterocycles. The third kappa shape index (κ3) is 4.88. The van der Waals surface area contributed by atoms with Crippen molar-refractivity contribution in [3.8, 4) is 0 Å². The van der Waals surface area contributed by atoms with Crippen LogP contribution in [0, 0.1) is 10.1 Å². The monoisotopic (exact) mass is 440 g/mol. The number of amides is 2. The van der Waals surface area contributed by atoms with Crippen molar-refractivity contribution in [2.24, 2.45) is 4.99 Å². The maximum Gasteiger partial charge on any atom is 0.270 e. The SMILES string of the molecule is CCn1c(=NC(=O)CS(=O)(=O)CC(=O)N2CCCC2)sc2cc([N+](=O)[O-])ccc21. The molecule has 0 aliphatic carbocycles. The van der Waals surface area contributed by atoms with Gasteiger partial charge >= 0.3 is 0 Å². The zero-order valence-electron chi connectivity index (χ0n) is 15.7. The van der Waals surface area contributed by atoms with Gasteiger partial charge in [0.2, 0.25) is 5.91 Å². The van der Waals surface area contributed by atoms with Crippen molar-refractivity contribution in [3.63, 3.8) is 0 Å². The molecule has 0 unspecified atom stereocenters. The maximum absolute atomic E-state index is 12.3. The number of aromatic nitrogens is 1. The number of carbonyl (C=O) groups excluding carboxylic acids is 2. The number of nitrogens with zero attached hydrogens (tertiary/aromatic N) is 4. The number of hydrogen-bond acceptors (Lipinski definition) is 7. The second-order valence-corrected chi connectivity index (χ2v) is 9.74. The second kappa shape index (κ2) is 8.41.